The third-order valence-electron chi connectivity index (χ3n) is 3.66. The number of rotatable bonds is 0. The number of fused-ring (bicyclic) bond motifs is 3. The van der Waals surface area contributed by atoms with Crippen LogP contribution in [0.25, 0.3) is 5.57 Å². The fraction of sp³-hybridized carbons (Fsp3) is 0.385. The van der Waals surface area contributed by atoms with Crippen LogP contribution < -0.4 is 0 Å². The van der Waals surface area contributed by atoms with E-state index >= 15 is 0 Å². The first-order valence-electron chi connectivity index (χ1n) is 5.52. The van der Waals surface area contributed by atoms with Crippen molar-refractivity contribution in [2.45, 2.75) is 18.7 Å². The SMILES string of the molecule is C=C1c2c(F)ccc(F)c2C2COC(F)CC12. The Morgan fingerprint density at radius 3 is 2.65 bits per heavy atom. The van der Waals surface area contributed by atoms with Crippen molar-refractivity contribution in [1.82, 2.24) is 0 Å². The Bertz CT molecular complexity index is 498. The van der Waals surface area contributed by atoms with Gasteiger partial charge in [-0.25, -0.2) is 13.2 Å². The molecule has 1 aromatic rings. The zero-order valence-electron chi connectivity index (χ0n) is 9.05. The first-order valence-corrected chi connectivity index (χ1v) is 5.52. The minimum atomic E-state index is -1.37. The molecule has 0 bridgehead atoms. The first-order chi connectivity index (χ1) is 8.09. The summed E-state index contributed by atoms with van der Waals surface area (Å²) in [4.78, 5) is 0. The molecule has 1 saturated heterocycles. The van der Waals surface area contributed by atoms with Crippen molar-refractivity contribution in [3.8, 4) is 0 Å². The molecule has 1 aromatic carbocycles. The minimum Gasteiger partial charge on any atom is -0.347 e. The van der Waals surface area contributed by atoms with E-state index in [4.69, 9.17) is 4.74 Å². The molecule has 0 radical (unpaired) electrons. The van der Waals surface area contributed by atoms with E-state index in [2.05, 4.69) is 6.58 Å². The molecule has 1 heterocycles. The number of benzene rings is 1. The second kappa shape index (κ2) is 3.60. The molecule has 1 nitrogen and oxygen atoms in total. The molecule has 0 spiro atoms. The van der Waals surface area contributed by atoms with Gasteiger partial charge in [-0.05, 0) is 23.6 Å². The highest BCUT2D eigenvalue weighted by atomic mass is 19.1. The molecule has 4 heteroatoms. The van der Waals surface area contributed by atoms with Crippen LogP contribution in [-0.4, -0.2) is 13.0 Å². The third-order valence-corrected chi connectivity index (χ3v) is 3.66. The molecule has 2 aliphatic rings. The lowest BCUT2D eigenvalue weighted by Crippen LogP contribution is -2.27. The molecule has 3 atom stereocenters. The van der Waals surface area contributed by atoms with Crippen molar-refractivity contribution in [3.05, 3.63) is 41.5 Å². The number of hydrogen-bond donors (Lipinski definition) is 0. The van der Waals surface area contributed by atoms with E-state index in [-0.39, 0.29) is 30.4 Å². The fourth-order valence-electron chi connectivity index (χ4n) is 2.87. The van der Waals surface area contributed by atoms with E-state index in [1.54, 1.807) is 0 Å². The van der Waals surface area contributed by atoms with Crippen molar-refractivity contribution in [2.75, 3.05) is 6.61 Å². The van der Waals surface area contributed by atoms with E-state index < -0.39 is 18.0 Å². The van der Waals surface area contributed by atoms with E-state index in [9.17, 15) is 13.2 Å². The second-order valence-corrected chi connectivity index (χ2v) is 4.54. The fourth-order valence-corrected chi connectivity index (χ4v) is 2.87. The lowest BCUT2D eigenvalue weighted by Gasteiger charge is -2.28. The van der Waals surface area contributed by atoms with Crippen LogP contribution in [0, 0.1) is 17.6 Å². The van der Waals surface area contributed by atoms with Crippen LogP contribution in [0.4, 0.5) is 13.2 Å². The van der Waals surface area contributed by atoms with E-state index in [1.165, 1.54) is 0 Å². The Kier molecular flexibility index (Phi) is 2.30. The van der Waals surface area contributed by atoms with Gasteiger partial charge >= 0.3 is 0 Å². The largest absolute Gasteiger partial charge is 0.347 e. The summed E-state index contributed by atoms with van der Waals surface area (Å²) < 4.78 is 45.5. The van der Waals surface area contributed by atoms with Crippen LogP contribution in [0.1, 0.15) is 23.5 Å². The zero-order valence-corrected chi connectivity index (χ0v) is 9.05. The highest BCUT2D eigenvalue weighted by molar-refractivity contribution is 5.75. The van der Waals surface area contributed by atoms with Gasteiger partial charge in [0.15, 0.2) is 6.36 Å². The predicted octanol–water partition coefficient (Wildman–Crippen LogP) is 3.41. The topological polar surface area (TPSA) is 9.23 Å². The summed E-state index contributed by atoms with van der Waals surface area (Å²) in [7, 11) is 0. The molecule has 1 aliphatic carbocycles. The van der Waals surface area contributed by atoms with Crippen LogP contribution >= 0.6 is 0 Å². The van der Waals surface area contributed by atoms with E-state index in [0.717, 1.165) is 12.1 Å². The van der Waals surface area contributed by atoms with Gasteiger partial charge in [0.05, 0.1) is 6.61 Å². The maximum atomic E-state index is 13.8. The average Bonchev–Trinajstić information content (AvgIpc) is 2.59. The van der Waals surface area contributed by atoms with Gasteiger partial charge in [0.25, 0.3) is 0 Å². The molecular formula is C13H11F3O. The third kappa shape index (κ3) is 1.43. The van der Waals surface area contributed by atoms with Gasteiger partial charge in [-0.3, -0.25) is 0 Å². The van der Waals surface area contributed by atoms with Crippen LogP contribution in [0.2, 0.25) is 0 Å². The smallest absolute Gasteiger partial charge is 0.199 e. The molecule has 1 aliphatic heterocycles. The van der Waals surface area contributed by atoms with Crippen molar-refractivity contribution in [2.24, 2.45) is 5.92 Å². The number of allylic oxidation sites excluding steroid dienone is 1. The molecule has 1 fully saturated rings. The average molecular weight is 240 g/mol. The van der Waals surface area contributed by atoms with Gasteiger partial charge in [0, 0.05) is 23.5 Å². The van der Waals surface area contributed by atoms with Crippen molar-refractivity contribution in [1.29, 1.82) is 0 Å². The van der Waals surface area contributed by atoms with Crippen LogP contribution in [0.15, 0.2) is 18.7 Å². The maximum Gasteiger partial charge on any atom is 0.199 e. The molecule has 0 aromatic heterocycles. The van der Waals surface area contributed by atoms with Gasteiger partial charge in [0.2, 0.25) is 0 Å². The van der Waals surface area contributed by atoms with Gasteiger partial charge in [-0.2, -0.15) is 0 Å². The minimum absolute atomic E-state index is 0.0816. The second-order valence-electron chi connectivity index (χ2n) is 4.54. The molecule has 0 amide bonds. The number of alkyl halides is 1. The zero-order chi connectivity index (χ0) is 12.2. The normalized spacial score (nSPS) is 31.2. The Hall–Kier alpha value is -1.29. The Balaban J connectivity index is 2.15. The Morgan fingerprint density at radius 1 is 1.18 bits per heavy atom. The van der Waals surface area contributed by atoms with E-state index in [0.29, 0.717) is 11.1 Å². The van der Waals surface area contributed by atoms with Gasteiger partial charge in [-0.1, -0.05) is 6.58 Å². The quantitative estimate of drug-likeness (QED) is 0.675. The summed E-state index contributed by atoms with van der Waals surface area (Å²) in [5.41, 5.74) is 1.01. The summed E-state index contributed by atoms with van der Waals surface area (Å²) >= 11 is 0. The molecule has 0 saturated carbocycles. The van der Waals surface area contributed by atoms with Crippen LogP contribution in [0.3, 0.4) is 0 Å². The lowest BCUT2D eigenvalue weighted by atomic mass is 9.87. The predicted molar refractivity (Wildman–Crippen MR) is 57.1 cm³/mol. The van der Waals surface area contributed by atoms with Crippen molar-refractivity contribution >= 4 is 5.57 Å². The highest BCUT2D eigenvalue weighted by Crippen LogP contribution is 2.51. The summed E-state index contributed by atoms with van der Waals surface area (Å²) in [6, 6.07) is 2.19. The molecule has 3 unspecified atom stereocenters. The number of halogens is 3. The van der Waals surface area contributed by atoms with Crippen molar-refractivity contribution in [3.63, 3.8) is 0 Å². The first kappa shape index (κ1) is 10.8. The van der Waals surface area contributed by atoms with Crippen LogP contribution in [0.5, 0.6) is 0 Å². The number of hydrogen-bond acceptors (Lipinski definition) is 1. The molecular weight excluding hydrogens is 229 g/mol. The summed E-state index contributed by atoms with van der Waals surface area (Å²) in [5, 5.41) is 0. The molecule has 3 rings (SSSR count). The number of ether oxygens (including phenoxy) is 1. The molecule has 90 valence electrons. The Labute approximate surface area is 96.9 Å². The molecule has 0 N–H and O–H groups in total. The standard InChI is InChI=1S/C13H11F3O/c1-6-7-4-11(16)17-5-8(7)13-10(15)3-2-9(14)12(6)13/h2-3,7-8,11H,1,4-5H2. The van der Waals surface area contributed by atoms with E-state index in [1.807, 2.05) is 0 Å². The summed E-state index contributed by atoms with van der Waals surface area (Å²) in [5.74, 6) is -1.51. The summed E-state index contributed by atoms with van der Waals surface area (Å²) in [6.45, 7) is 3.87. The maximum absolute atomic E-state index is 13.8. The lowest BCUT2D eigenvalue weighted by molar-refractivity contribution is -0.0864. The monoisotopic (exact) mass is 240 g/mol. The summed E-state index contributed by atoms with van der Waals surface area (Å²) in [6.07, 6.45) is -1.25. The van der Waals surface area contributed by atoms with Gasteiger partial charge < -0.3 is 4.74 Å². The van der Waals surface area contributed by atoms with Crippen molar-refractivity contribution < 1.29 is 17.9 Å². The van der Waals surface area contributed by atoms with Gasteiger partial charge in [0.1, 0.15) is 11.6 Å². The molecule has 17 heavy (non-hydrogen) atoms. The Morgan fingerprint density at radius 2 is 1.88 bits per heavy atom. The van der Waals surface area contributed by atoms with Gasteiger partial charge in [-0.15, -0.1) is 0 Å². The highest BCUT2D eigenvalue weighted by Gasteiger charge is 2.43. The van der Waals surface area contributed by atoms with Crippen LogP contribution in [-0.2, 0) is 4.74 Å².